The van der Waals surface area contributed by atoms with Gasteiger partial charge >= 0.3 is 0 Å². The van der Waals surface area contributed by atoms with Gasteiger partial charge in [-0.1, -0.05) is 0 Å². The van der Waals surface area contributed by atoms with Gasteiger partial charge in [-0.15, -0.1) is 0 Å². The number of alkyl halides is 1. The Bertz CT molecular complexity index is 483. The molecule has 0 aromatic rings. The predicted octanol–water partition coefficient (Wildman–Crippen LogP) is 4.81. The molecule has 0 amide bonds. The summed E-state index contributed by atoms with van der Waals surface area (Å²) in [6.45, 7) is 21.0. The highest BCUT2D eigenvalue weighted by Gasteiger charge is 2.40. The molecule has 0 aliphatic carbocycles. The molecule has 164 valence electrons. The van der Waals surface area contributed by atoms with Crippen molar-refractivity contribution < 1.29 is 4.39 Å². The molecule has 4 heteroatoms. The molecule has 3 aliphatic rings. The molecule has 0 aromatic heterocycles. The molecule has 3 aliphatic heterocycles. The van der Waals surface area contributed by atoms with Crippen molar-refractivity contribution in [2.24, 2.45) is 11.8 Å². The number of hydrogen-bond donors (Lipinski definition) is 0. The second kappa shape index (κ2) is 8.51. The van der Waals surface area contributed by atoms with E-state index >= 15 is 4.39 Å². The van der Waals surface area contributed by atoms with E-state index in [0.29, 0.717) is 24.9 Å². The second-order valence-corrected chi connectivity index (χ2v) is 11.9. The van der Waals surface area contributed by atoms with E-state index in [1.54, 1.807) is 0 Å². The van der Waals surface area contributed by atoms with E-state index in [9.17, 15) is 0 Å². The van der Waals surface area contributed by atoms with Gasteiger partial charge in [0.2, 0.25) is 0 Å². The molecule has 3 rings (SSSR count). The molecule has 0 unspecified atom stereocenters. The first kappa shape index (κ1) is 22.5. The van der Waals surface area contributed by atoms with Gasteiger partial charge in [-0.05, 0) is 118 Å². The minimum Gasteiger partial charge on any atom is -0.300 e. The molecule has 28 heavy (non-hydrogen) atoms. The Labute approximate surface area is 174 Å². The molecule has 3 fully saturated rings. The monoisotopic (exact) mass is 395 g/mol. The summed E-state index contributed by atoms with van der Waals surface area (Å²) in [5, 5.41) is 0. The van der Waals surface area contributed by atoms with Crippen LogP contribution < -0.4 is 0 Å². The number of piperidine rings is 3. The van der Waals surface area contributed by atoms with Gasteiger partial charge in [-0.3, -0.25) is 9.80 Å². The first-order valence-electron chi connectivity index (χ1n) is 11.9. The van der Waals surface area contributed by atoms with Crippen molar-refractivity contribution in [2.75, 3.05) is 45.8 Å². The Morgan fingerprint density at radius 2 is 1.07 bits per heavy atom. The molecule has 3 heterocycles. The lowest BCUT2D eigenvalue weighted by molar-refractivity contribution is -0.0143. The van der Waals surface area contributed by atoms with Crippen LogP contribution >= 0.6 is 0 Å². The van der Waals surface area contributed by atoms with Crippen LogP contribution in [0.4, 0.5) is 4.39 Å². The van der Waals surface area contributed by atoms with Crippen LogP contribution in [0.15, 0.2) is 0 Å². The second-order valence-electron chi connectivity index (χ2n) is 11.9. The zero-order chi connectivity index (χ0) is 20.6. The van der Waals surface area contributed by atoms with Crippen molar-refractivity contribution in [1.82, 2.24) is 14.7 Å². The lowest BCUT2D eigenvalue weighted by Gasteiger charge is -2.46. The van der Waals surface area contributed by atoms with Crippen LogP contribution in [0.5, 0.6) is 0 Å². The van der Waals surface area contributed by atoms with Crippen LogP contribution in [-0.2, 0) is 0 Å². The average Bonchev–Trinajstić information content (AvgIpc) is 2.61. The largest absolute Gasteiger partial charge is 0.300 e. The summed E-state index contributed by atoms with van der Waals surface area (Å²) < 4.78 is 15.5. The molecule has 0 radical (unpaired) electrons. The van der Waals surface area contributed by atoms with Crippen molar-refractivity contribution in [1.29, 1.82) is 0 Å². The fourth-order valence-corrected chi connectivity index (χ4v) is 5.76. The summed E-state index contributed by atoms with van der Waals surface area (Å²) in [6.07, 6.45) is 6.69. The Balaban J connectivity index is 1.40. The highest BCUT2D eigenvalue weighted by molar-refractivity contribution is 4.94. The Hall–Kier alpha value is -0.190. The number of likely N-dealkylation sites (tertiary alicyclic amines) is 3. The number of rotatable bonds is 3. The smallest absolute Gasteiger partial charge is 0.126 e. The minimum absolute atomic E-state index is 0.169. The standard InChI is InChI=1S/C24H46FN3/c1-22(2,3)27-15-9-21(10-16-27)20-7-13-26(14-8-20)19-24(25)11-17-28(18-12-24)23(4,5)6/h20-21H,7-19H2,1-6H3. The molecule has 0 spiro atoms. The van der Waals surface area contributed by atoms with E-state index in [2.05, 4.69) is 56.2 Å². The Morgan fingerprint density at radius 1 is 0.679 bits per heavy atom. The summed E-state index contributed by atoms with van der Waals surface area (Å²) >= 11 is 0. The molecular formula is C24H46FN3. The van der Waals surface area contributed by atoms with Gasteiger partial charge in [0.1, 0.15) is 5.67 Å². The maximum absolute atomic E-state index is 15.5. The fraction of sp³-hybridized carbons (Fsp3) is 1.00. The van der Waals surface area contributed by atoms with Crippen molar-refractivity contribution in [3.05, 3.63) is 0 Å². The molecular weight excluding hydrogens is 349 g/mol. The molecule has 3 saturated heterocycles. The van der Waals surface area contributed by atoms with Crippen LogP contribution in [0.25, 0.3) is 0 Å². The minimum atomic E-state index is -0.966. The molecule has 0 atom stereocenters. The topological polar surface area (TPSA) is 9.72 Å². The highest BCUT2D eigenvalue weighted by Crippen LogP contribution is 2.36. The van der Waals surface area contributed by atoms with Gasteiger partial charge in [-0.2, -0.15) is 0 Å². The lowest BCUT2D eigenvalue weighted by atomic mass is 9.78. The van der Waals surface area contributed by atoms with E-state index in [1.807, 2.05) is 0 Å². The number of halogens is 1. The molecule has 0 N–H and O–H groups in total. The van der Waals surface area contributed by atoms with Crippen LogP contribution in [0.3, 0.4) is 0 Å². The SMILES string of the molecule is CC(C)(C)N1CCC(C2CCN(CC3(F)CCN(C(C)(C)C)CC3)CC2)CC1. The van der Waals surface area contributed by atoms with Gasteiger partial charge < -0.3 is 4.90 Å². The molecule has 0 aromatic carbocycles. The maximum Gasteiger partial charge on any atom is 0.126 e. The number of nitrogens with zero attached hydrogens (tertiary/aromatic N) is 3. The third-order valence-electron chi connectivity index (χ3n) is 7.90. The van der Waals surface area contributed by atoms with Gasteiger partial charge in [0.25, 0.3) is 0 Å². The summed E-state index contributed by atoms with van der Waals surface area (Å²) in [5.74, 6) is 1.77. The quantitative estimate of drug-likeness (QED) is 0.679. The number of hydrogen-bond acceptors (Lipinski definition) is 3. The van der Waals surface area contributed by atoms with Crippen LogP contribution in [-0.4, -0.2) is 77.3 Å². The summed E-state index contributed by atoms with van der Waals surface area (Å²) in [4.78, 5) is 7.53. The van der Waals surface area contributed by atoms with Crippen LogP contribution in [0.2, 0.25) is 0 Å². The normalized spacial score (nSPS) is 28.0. The van der Waals surface area contributed by atoms with Gasteiger partial charge in [-0.25, -0.2) is 4.39 Å². The van der Waals surface area contributed by atoms with Crippen LogP contribution in [0, 0.1) is 11.8 Å². The zero-order valence-corrected chi connectivity index (χ0v) is 19.6. The fourth-order valence-electron chi connectivity index (χ4n) is 5.76. The zero-order valence-electron chi connectivity index (χ0n) is 19.6. The van der Waals surface area contributed by atoms with E-state index in [1.165, 1.54) is 38.8 Å². The Morgan fingerprint density at radius 3 is 1.50 bits per heavy atom. The summed E-state index contributed by atoms with van der Waals surface area (Å²) in [6, 6.07) is 0. The van der Waals surface area contributed by atoms with E-state index in [-0.39, 0.29) is 5.54 Å². The summed E-state index contributed by atoms with van der Waals surface area (Å²) in [7, 11) is 0. The average molecular weight is 396 g/mol. The molecule has 3 nitrogen and oxygen atoms in total. The van der Waals surface area contributed by atoms with Crippen molar-refractivity contribution in [2.45, 2.75) is 96.8 Å². The van der Waals surface area contributed by atoms with Crippen LogP contribution in [0.1, 0.15) is 80.1 Å². The van der Waals surface area contributed by atoms with Gasteiger partial charge in [0.05, 0.1) is 0 Å². The third-order valence-corrected chi connectivity index (χ3v) is 7.90. The van der Waals surface area contributed by atoms with E-state index in [0.717, 1.165) is 38.0 Å². The van der Waals surface area contributed by atoms with Crippen molar-refractivity contribution in [3.63, 3.8) is 0 Å². The first-order chi connectivity index (χ1) is 13.0. The van der Waals surface area contributed by atoms with E-state index < -0.39 is 5.67 Å². The molecule has 0 saturated carbocycles. The highest BCUT2D eigenvalue weighted by atomic mass is 19.1. The van der Waals surface area contributed by atoms with Gasteiger partial charge in [0, 0.05) is 30.7 Å². The van der Waals surface area contributed by atoms with Crippen molar-refractivity contribution in [3.8, 4) is 0 Å². The Kier molecular flexibility index (Phi) is 6.84. The van der Waals surface area contributed by atoms with E-state index in [4.69, 9.17) is 0 Å². The molecule has 0 bridgehead atoms. The third kappa shape index (κ3) is 5.70. The maximum atomic E-state index is 15.5. The predicted molar refractivity (Wildman–Crippen MR) is 118 cm³/mol. The first-order valence-corrected chi connectivity index (χ1v) is 11.9. The summed E-state index contributed by atoms with van der Waals surface area (Å²) in [5.41, 5.74) is -0.485. The van der Waals surface area contributed by atoms with Gasteiger partial charge in [0.15, 0.2) is 0 Å². The van der Waals surface area contributed by atoms with Crippen molar-refractivity contribution >= 4 is 0 Å². The lowest BCUT2D eigenvalue weighted by Crippen LogP contribution is -2.54.